The van der Waals surface area contributed by atoms with E-state index in [9.17, 15) is 4.79 Å². The molecule has 0 radical (unpaired) electrons. The van der Waals surface area contributed by atoms with Gasteiger partial charge in [-0.25, -0.2) is 0 Å². The van der Waals surface area contributed by atoms with Crippen molar-refractivity contribution in [3.63, 3.8) is 0 Å². The Balaban J connectivity index is 1.20. The van der Waals surface area contributed by atoms with Gasteiger partial charge in [0.15, 0.2) is 0 Å². The number of ether oxygens (including phenoxy) is 1. The van der Waals surface area contributed by atoms with Crippen LogP contribution in [-0.4, -0.2) is 12.1 Å². The zero-order valence-electron chi connectivity index (χ0n) is 25.0. The molecule has 2 heteroatoms. The van der Waals surface area contributed by atoms with E-state index in [0.717, 1.165) is 48.3 Å². The topological polar surface area (TPSA) is 26.3 Å². The normalized spacial score (nSPS) is 40.9. The van der Waals surface area contributed by atoms with Crippen LogP contribution >= 0.6 is 0 Å². The molecule has 4 saturated carbocycles. The lowest BCUT2D eigenvalue weighted by molar-refractivity contribution is -0.153. The van der Waals surface area contributed by atoms with Crippen molar-refractivity contribution in [3.8, 4) is 0 Å². The summed E-state index contributed by atoms with van der Waals surface area (Å²) in [7, 11) is 0. The zero-order chi connectivity index (χ0) is 26.2. The van der Waals surface area contributed by atoms with E-state index < -0.39 is 0 Å². The van der Waals surface area contributed by atoms with E-state index in [1.807, 2.05) is 0 Å². The van der Waals surface area contributed by atoms with Gasteiger partial charge in [0.05, 0.1) is 0 Å². The van der Waals surface area contributed by atoms with Crippen LogP contribution in [0.5, 0.6) is 0 Å². The third-order valence-corrected chi connectivity index (χ3v) is 12.7. The van der Waals surface area contributed by atoms with Gasteiger partial charge in [0, 0.05) is 12.8 Å². The van der Waals surface area contributed by atoms with E-state index in [0.29, 0.717) is 23.2 Å². The number of allylic oxidation sites excluding steroid dienone is 1. The predicted octanol–water partition coefficient (Wildman–Crippen LogP) is 9.91. The summed E-state index contributed by atoms with van der Waals surface area (Å²) in [5.74, 6) is 5.97. The van der Waals surface area contributed by atoms with Crippen LogP contribution in [0.2, 0.25) is 0 Å². The molecule has 0 saturated heterocycles. The number of hydrogen-bond donors (Lipinski definition) is 0. The maximum Gasteiger partial charge on any atom is 0.306 e. The Morgan fingerprint density at radius 1 is 0.946 bits per heavy atom. The van der Waals surface area contributed by atoms with Crippen LogP contribution < -0.4 is 0 Å². The average Bonchev–Trinajstić information content (AvgIpc) is 3.22. The minimum Gasteiger partial charge on any atom is -0.462 e. The van der Waals surface area contributed by atoms with Crippen molar-refractivity contribution in [2.24, 2.45) is 52.3 Å². The molecule has 0 aliphatic heterocycles. The van der Waals surface area contributed by atoms with E-state index in [1.165, 1.54) is 89.9 Å². The van der Waals surface area contributed by atoms with Crippen molar-refractivity contribution in [3.05, 3.63) is 11.6 Å². The molecule has 0 bridgehead atoms. The van der Waals surface area contributed by atoms with Gasteiger partial charge >= 0.3 is 5.97 Å². The van der Waals surface area contributed by atoms with Crippen molar-refractivity contribution >= 4 is 5.97 Å². The van der Waals surface area contributed by atoms with Gasteiger partial charge in [-0.3, -0.25) is 4.79 Å². The van der Waals surface area contributed by atoms with Gasteiger partial charge in [-0.2, -0.15) is 0 Å². The van der Waals surface area contributed by atoms with Crippen molar-refractivity contribution in [1.29, 1.82) is 0 Å². The number of hydrogen-bond acceptors (Lipinski definition) is 2. The van der Waals surface area contributed by atoms with Crippen molar-refractivity contribution in [2.45, 2.75) is 150 Å². The molecule has 2 nitrogen and oxygen atoms in total. The first-order valence-electron chi connectivity index (χ1n) is 16.6. The molecule has 4 fully saturated rings. The van der Waals surface area contributed by atoms with Gasteiger partial charge in [0.2, 0.25) is 0 Å². The highest BCUT2D eigenvalue weighted by molar-refractivity contribution is 5.70. The Bertz CT molecular complexity index is 821. The van der Waals surface area contributed by atoms with Crippen LogP contribution in [0.1, 0.15) is 144 Å². The Hall–Kier alpha value is -0.790. The minimum absolute atomic E-state index is 0.0859. The molecular formula is C35H58O2. The molecule has 5 aliphatic carbocycles. The molecule has 0 aromatic carbocycles. The number of carbonyl (C=O) groups is 1. The fourth-order valence-electron chi connectivity index (χ4n) is 10.6. The summed E-state index contributed by atoms with van der Waals surface area (Å²) < 4.78 is 6.12. The lowest BCUT2D eigenvalue weighted by Gasteiger charge is -2.58. The van der Waals surface area contributed by atoms with Gasteiger partial charge in [0.25, 0.3) is 0 Å². The van der Waals surface area contributed by atoms with Gasteiger partial charge in [-0.05, 0) is 110 Å². The smallest absolute Gasteiger partial charge is 0.306 e. The lowest BCUT2D eigenvalue weighted by Crippen LogP contribution is -2.51. The molecule has 0 spiro atoms. The van der Waals surface area contributed by atoms with E-state index in [4.69, 9.17) is 4.74 Å². The summed E-state index contributed by atoms with van der Waals surface area (Å²) in [6, 6.07) is 0. The highest BCUT2D eigenvalue weighted by Crippen LogP contribution is 2.67. The first-order chi connectivity index (χ1) is 17.7. The van der Waals surface area contributed by atoms with E-state index in [1.54, 1.807) is 5.57 Å². The number of fused-ring (bicyclic) bond motifs is 5. The largest absolute Gasteiger partial charge is 0.462 e. The Morgan fingerprint density at radius 3 is 2.49 bits per heavy atom. The van der Waals surface area contributed by atoms with Gasteiger partial charge in [0.1, 0.15) is 6.10 Å². The second-order valence-corrected chi connectivity index (χ2v) is 15.4. The average molecular weight is 511 g/mol. The van der Waals surface area contributed by atoms with E-state index in [-0.39, 0.29) is 12.1 Å². The fraction of sp³-hybridized carbons (Fsp3) is 0.914. The first-order valence-corrected chi connectivity index (χ1v) is 16.6. The molecule has 0 amide bonds. The summed E-state index contributed by atoms with van der Waals surface area (Å²) in [4.78, 5) is 12.8. The molecule has 0 heterocycles. The van der Waals surface area contributed by atoms with Crippen LogP contribution in [-0.2, 0) is 9.53 Å². The molecule has 0 N–H and O–H groups in total. The minimum atomic E-state index is 0.0859. The lowest BCUT2D eigenvalue weighted by atomic mass is 9.47. The summed E-state index contributed by atoms with van der Waals surface area (Å²) in [6.45, 7) is 12.6. The van der Waals surface area contributed by atoms with Gasteiger partial charge in [-0.1, -0.05) is 84.8 Å². The van der Waals surface area contributed by atoms with Crippen LogP contribution in [0.4, 0.5) is 0 Å². The maximum absolute atomic E-state index is 12.8. The molecule has 0 aromatic rings. The van der Waals surface area contributed by atoms with Crippen molar-refractivity contribution in [2.75, 3.05) is 0 Å². The van der Waals surface area contributed by atoms with Crippen molar-refractivity contribution in [1.82, 2.24) is 0 Å². The molecule has 0 unspecified atom stereocenters. The van der Waals surface area contributed by atoms with Crippen molar-refractivity contribution < 1.29 is 9.53 Å². The Labute approximate surface area is 229 Å². The summed E-state index contributed by atoms with van der Waals surface area (Å²) in [6.07, 6.45) is 24.5. The predicted molar refractivity (Wildman–Crippen MR) is 154 cm³/mol. The van der Waals surface area contributed by atoms with Crippen LogP contribution in [0.15, 0.2) is 11.6 Å². The standard InChI is InChI=1S/C35H58O2/c1-24(2)10-9-11-25(3)30-16-17-31-29-15-14-27-23-28(37-33(36)22-26-12-7-6-8-13-26)18-20-34(27,4)32(29)19-21-35(30,31)5/h14,24-26,28-32H,6-13,15-23H2,1-5H3/t25-,28-,29+,30-,31-,32+,34-,35+/m0/s1. The third-order valence-electron chi connectivity index (χ3n) is 12.7. The molecule has 5 aliphatic rings. The van der Waals surface area contributed by atoms with Crippen LogP contribution in [0.3, 0.4) is 0 Å². The quantitative estimate of drug-likeness (QED) is 0.240. The van der Waals surface area contributed by atoms with Gasteiger partial charge in [-0.15, -0.1) is 0 Å². The summed E-state index contributed by atoms with van der Waals surface area (Å²) in [5.41, 5.74) is 2.55. The van der Waals surface area contributed by atoms with E-state index in [2.05, 4.69) is 40.7 Å². The number of esters is 1. The molecule has 210 valence electrons. The number of rotatable bonds is 8. The summed E-state index contributed by atoms with van der Waals surface area (Å²) in [5, 5.41) is 0. The first kappa shape index (κ1) is 27.8. The SMILES string of the molecule is CC(C)CCC[C@H](C)[C@@H]1CC[C@H]2[C@H]3CC=C4C[C@@H](OC(=O)CC5CCCCC5)CC[C@]4(C)[C@@H]3CC[C@@]21C. The van der Waals surface area contributed by atoms with Crippen LogP contribution in [0, 0.1) is 52.3 Å². The Kier molecular flexibility index (Phi) is 8.53. The molecule has 5 rings (SSSR count). The fourth-order valence-corrected chi connectivity index (χ4v) is 10.6. The number of carbonyl (C=O) groups excluding carboxylic acids is 1. The van der Waals surface area contributed by atoms with Gasteiger partial charge < -0.3 is 4.74 Å². The third kappa shape index (κ3) is 5.61. The molecular weight excluding hydrogens is 452 g/mol. The molecule has 37 heavy (non-hydrogen) atoms. The van der Waals surface area contributed by atoms with Crippen LogP contribution in [0.25, 0.3) is 0 Å². The van der Waals surface area contributed by atoms with E-state index >= 15 is 0 Å². The second kappa shape index (κ2) is 11.4. The highest BCUT2D eigenvalue weighted by Gasteiger charge is 2.59. The monoisotopic (exact) mass is 510 g/mol. The summed E-state index contributed by atoms with van der Waals surface area (Å²) >= 11 is 0. The Morgan fingerprint density at radius 2 is 1.73 bits per heavy atom. The molecule has 0 aromatic heterocycles. The molecule has 8 atom stereocenters. The second-order valence-electron chi connectivity index (χ2n) is 15.4. The zero-order valence-corrected chi connectivity index (χ0v) is 25.0. The maximum atomic E-state index is 12.8. The highest BCUT2D eigenvalue weighted by atomic mass is 16.5.